The van der Waals surface area contributed by atoms with Crippen LogP contribution in [0.4, 0.5) is 18.9 Å². The smallest absolute Gasteiger partial charge is 0.401 e. The van der Waals surface area contributed by atoms with Crippen molar-refractivity contribution in [3.8, 4) is 5.75 Å². The Balaban J connectivity index is 1.87. The van der Waals surface area contributed by atoms with Crippen LogP contribution in [-0.4, -0.2) is 43.9 Å². The number of benzene rings is 1. The average Bonchev–Trinajstić information content (AvgIpc) is 2.38. The molecule has 1 N–H and O–H groups in total. The lowest BCUT2D eigenvalue weighted by Gasteiger charge is -2.33. The molecule has 1 saturated heterocycles. The molecule has 0 unspecified atom stereocenters. The van der Waals surface area contributed by atoms with Crippen LogP contribution in [0, 0.1) is 0 Å². The van der Waals surface area contributed by atoms with Crippen LogP contribution in [0.3, 0.4) is 0 Å². The number of anilines is 1. The molecular weight excluding hydrogens is 349 g/mol. The highest BCUT2D eigenvalue weighted by molar-refractivity contribution is 9.10. The fraction of sp³-hybridized carbons (Fsp3) is 0.571. The molecule has 1 aliphatic heterocycles. The van der Waals surface area contributed by atoms with E-state index in [0.29, 0.717) is 25.9 Å². The number of likely N-dealkylation sites (tertiary alicyclic amines) is 1. The van der Waals surface area contributed by atoms with Gasteiger partial charge in [-0.25, -0.2) is 0 Å². The van der Waals surface area contributed by atoms with Crippen LogP contribution in [-0.2, 0) is 0 Å². The molecule has 1 aliphatic rings. The number of nitrogens with one attached hydrogen (secondary N) is 1. The summed E-state index contributed by atoms with van der Waals surface area (Å²) in [7, 11) is 1.60. The van der Waals surface area contributed by atoms with Crippen LogP contribution in [0.25, 0.3) is 0 Å². The third-order valence-corrected chi connectivity index (χ3v) is 3.93. The van der Waals surface area contributed by atoms with Gasteiger partial charge in [-0.05, 0) is 25.0 Å². The molecule has 1 heterocycles. The lowest BCUT2D eigenvalue weighted by atomic mass is 10.0. The molecule has 0 aliphatic carbocycles. The number of alkyl halides is 3. The van der Waals surface area contributed by atoms with Crippen LogP contribution in [0.1, 0.15) is 12.8 Å². The van der Waals surface area contributed by atoms with Crippen molar-refractivity contribution in [2.75, 3.05) is 32.1 Å². The van der Waals surface area contributed by atoms with Gasteiger partial charge in [0, 0.05) is 35.4 Å². The Hall–Kier alpha value is -0.950. The van der Waals surface area contributed by atoms with Crippen molar-refractivity contribution in [1.82, 2.24) is 4.90 Å². The zero-order valence-corrected chi connectivity index (χ0v) is 13.3. The van der Waals surface area contributed by atoms with E-state index in [4.69, 9.17) is 4.74 Å². The van der Waals surface area contributed by atoms with Gasteiger partial charge in [0.1, 0.15) is 5.75 Å². The number of rotatable bonds is 4. The molecule has 1 fully saturated rings. The second kappa shape index (κ2) is 6.87. The van der Waals surface area contributed by atoms with E-state index >= 15 is 0 Å². The van der Waals surface area contributed by atoms with Crippen molar-refractivity contribution in [2.45, 2.75) is 25.1 Å². The molecule has 0 amide bonds. The highest BCUT2D eigenvalue weighted by Gasteiger charge is 2.32. The van der Waals surface area contributed by atoms with Crippen LogP contribution in [0.5, 0.6) is 5.75 Å². The second-order valence-electron chi connectivity index (χ2n) is 5.19. The monoisotopic (exact) mass is 366 g/mol. The van der Waals surface area contributed by atoms with Crippen LogP contribution < -0.4 is 10.1 Å². The predicted octanol–water partition coefficient (Wildman–Crippen LogP) is 3.90. The number of hydrogen-bond acceptors (Lipinski definition) is 3. The summed E-state index contributed by atoms with van der Waals surface area (Å²) < 4.78 is 43.1. The first-order chi connectivity index (χ1) is 9.85. The molecule has 0 bridgehead atoms. The minimum absolute atomic E-state index is 0.188. The van der Waals surface area contributed by atoms with Gasteiger partial charge in [-0.2, -0.15) is 13.2 Å². The fourth-order valence-electron chi connectivity index (χ4n) is 2.49. The molecule has 2 rings (SSSR count). The molecule has 0 aromatic heterocycles. The van der Waals surface area contributed by atoms with Crippen molar-refractivity contribution in [1.29, 1.82) is 0 Å². The maximum absolute atomic E-state index is 12.3. The lowest BCUT2D eigenvalue weighted by molar-refractivity contribution is -0.147. The van der Waals surface area contributed by atoms with Crippen molar-refractivity contribution >= 4 is 21.6 Å². The molecule has 0 radical (unpaired) electrons. The number of methoxy groups -OCH3 is 1. The first kappa shape index (κ1) is 16.4. The largest absolute Gasteiger partial charge is 0.497 e. The summed E-state index contributed by atoms with van der Waals surface area (Å²) in [5, 5.41) is 3.36. The third kappa shape index (κ3) is 5.39. The van der Waals surface area contributed by atoms with Crippen molar-refractivity contribution in [3.05, 3.63) is 22.7 Å². The van der Waals surface area contributed by atoms with Crippen LogP contribution in [0.15, 0.2) is 22.7 Å². The summed E-state index contributed by atoms with van der Waals surface area (Å²) in [6.45, 7) is 0.106. The van der Waals surface area contributed by atoms with Crippen molar-refractivity contribution in [3.63, 3.8) is 0 Å². The Morgan fingerprint density at radius 2 is 1.95 bits per heavy atom. The first-order valence-electron chi connectivity index (χ1n) is 6.76. The van der Waals surface area contributed by atoms with E-state index in [2.05, 4.69) is 21.2 Å². The zero-order valence-electron chi connectivity index (χ0n) is 11.7. The van der Waals surface area contributed by atoms with E-state index in [1.54, 1.807) is 7.11 Å². The van der Waals surface area contributed by atoms with Crippen LogP contribution in [0.2, 0.25) is 0 Å². The molecule has 3 nitrogen and oxygen atoms in total. The lowest BCUT2D eigenvalue weighted by Crippen LogP contribution is -2.43. The summed E-state index contributed by atoms with van der Waals surface area (Å²) >= 11 is 3.41. The van der Waals surface area contributed by atoms with E-state index in [-0.39, 0.29) is 6.04 Å². The first-order valence-corrected chi connectivity index (χ1v) is 7.55. The summed E-state index contributed by atoms with van der Waals surface area (Å²) in [6, 6.07) is 5.86. The Labute approximate surface area is 130 Å². The molecule has 0 atom stereocenters. The SMILES string of the molecule is COc1cc(Br)cc(NC2CCN(CC(F)(F)F)CC2)c1. The highest BCUT2D eigenvalue weighted by Crippen LogP contribution is 2.27. The van der Waals surface area contributed by atoms with E-state index < -0.39 is 12.7 Å². The molecule has 21 heavy (non-hydrogen) atoms. The molecule has 118 valence electrons. The number of piperidine rings is 1. The minimum Gasteiger partial charge on any atom is -0.497 e. The Morgan fingerprint density at radius 1 is 1.29 bits per heavy atom. The van der Waals surface area contributed by atoms with Gasteiger partial charge in [0.05, 0.1) is 13.7 Å². The Bertz CT molecular complexity index is 474. The van der Waals surface area contributed by atoms with E-state index in [0.717, 1.165) is 15.9 Å². The number of hydrogen-bond donors (Lipinski definition) is 1. The van der Waals surface area contributed by atoms with Gasteiger partial charge in [-0.1, -0.05) is 15.9 Å². The maximum Gasteiger partial charge on any atom is 0.401 e. The van der Waals surface area contributed by atoms with Crippen molar-refractivity contribution in [2.24, 2.45) is 0 Å². The van der Waals surface area contributed by atoms with Gasteiger partial charge in [0.15, 0.2) is 0 Å². The molecular formula is C14H18BrF3N2O. The molecule has 1 aromatic rings. The maximum atomic E-state index is 12.3. The fourth-order valence-corrected chi connectivity index (χ4v) is 2.96. The van der Waals surface area contributed by atoms with Gasteiger partial charge in [0.2, 0.25) is 0 Å². The number of nitrogens with zero attached hydrogens (tertiary/aromatic N) is 1. The predicted molar refractivity (Wildman–Crippen MR) is 79.8 cm³/mol. The van der Waals surface area contributed by atoms with Crippen molar-refractivity contribution < 1.29 is 17.9 Å². The van der Waals surface area contributed by atoms with E-state index in [1.165, 1.54) is 4.90 Å². The minimum atomic E-state index is -4.11. The van der Waals surface area contributed by atoms with Gasteiger partial charge >= 0.3 is 6.18 Å². The highest BCUT2D eigenvalue weighted by atomic mass is 79.9. The van der Waals surface area contributed by atoms with Crippen LogP contribution >= 0.6 is 15.9 Å². The summed E-state index contributed by atoms with van der Waals surface area (Å²) in [6.07, 6.45) is -2.71. The van der Waals surface area contributed by atoms with Gasteiger partial charge in [-0.15, -0.1) is 0 Å². The topological polar surface area (TPSA) is 24.5 Å². The molecule has 0 spiro atoms. The number of halogens is 4. The average molecular weight is 367 g/mol. The van der Waals surface area contributed by atoms with Gasteiger partial charge in [0.25, 0.3) is 0 Å². The Kier molecular flexibility index (Phi) is 5.37. The van der Waals surface area contributed by atoms with E-state index in [9.17, 15) is 13.2 Å². The zero-order chi connectivity index (χ0) is 15.5. The third-order valence-electron chi connectivity index (χ3n) is 3.47. The van der Waals surface area contributed by atoms with Gasteiger partial charge in [-0.3, -0.25) is 4.90 Å². The molecule has 7 heteroatoms. The summed E-state index contributed by atoms with van der Waals surface area (Å²) in [5.74, 6) is 0.737. The normalized spacial score (nSPS) is 17.8. The second-order valence-corrected chi connectivity index (χ2v) is 6.11. The molecule has 1 aromatic carbocycles. The number of ether oxygens (including phenoxy) is 1. The molecule has 0 saturated carbocycles. The summed E-state index contributed by atoms with van der Waals surface area (Å²) in [5.41, 5.74) is 0.912. The quantitative estimate of drug-likeness (QED) is 0.874. The van der Waals surface area contributed by atoms with E-state index in [1.807, 2.05) is 18.2 Å². The standard InChI is InChI=1S/C14H18BrF3N2O/c1-21-13-7-10(15)6-12(8-13)19-11-2-4-20(5-3-11)9-14(16,17)18/h6-8,11,19H,2-5,9H2,1H3. The summed E-state index contributed by atoms with van der Waals surface area (Å²) in [4.78, 5) is 1.46. The Morgan fingerprint density at radius 3 is 2.52 bits per heavy atom. The van der Waals surface area contributed by atoms with Gasteiger partial charge < -0.3 is 10.1 Å².